The van der Waals surface area contributed by atoms with Gasteiger partial charge in [0.1, 0.15) is 8.24 Å². The molecule has 1 saturated carbocycles. The minimum Gasteiger partial charge on any atom is -0.319 e. The number of likely N-dealkylation sites (tertiary alicyclic amines) is 1. The van der Waals surface area contributed by atoms with Crippen molar-refractivity contribution in [2.24, 2.45) is 11.8 Å². The Hall–Kier alpha value is -0.383. The lowest BCUT2D eigenvalue weighted by molar-refractivity contribution is 0.210. The van der Waals surface area contributed by atoms with Gasteiger partial charge in [0.2, 0.25) is 0 Å². The summed E-state index contributed by atoms with van der Waals surface area (Å²) in [5, 5.41) is 0. The van der Waals surface area contributed by atoms with E-state index in [0.717, 1.165) is 23.4 Å². The van der Waals surface area contributed by atoms with Crippen molar-refractivity contribution in [3.05, 3.63) is 24.3 Å². The Morgan fingerprint density at radius 1 is 1.04 bits per heavy atom. The molecule has 3 aliphatic rings. The Kier molecular flexibility index (Phi) is 5.17. The fourth-order valence-corrected chi connectivity index (χ4v) is 11.2. The van der Waals surface area contributed by atoms with Crippen molar-refractivity contribution in [2.75, 3.05) is 19.6 Å². The van der Waals surface area contributed by atoms with Crippen molar-refractivity contribution < 1.29 is 0 Å². The minimum atomic E-state index is -1.51. The largest absolute Gasteiger partial charge is 0.319 e. The highest BCUT2D eigenvalue weighted by Gasteiger charge is 2.53. The maximum Gasteiger partial charge on any atom is 0.126 e. The molecule has 0 aromatic carbocycles. The van der Waals surface area contributed by atoms with E-state index in [1.54, 1.807) is 0 Å². The summed E-state index contributed by atoms with van der Waals surface area (Å²) < 4.78 is 2.88. The van der Waals surface area contributed by atoms with Crippen LogP contribution in [0.2, 0.25) is 18.6 Å². The molecule has 0 aromatic heterocycles. The first-order chi connectivity index (χ1) is 11.3. The Labute approximate surface area is 151 Å². The predicted molar refractivity (Wildman–Crippen MR) is 108 cm³/mol. The summed E-state index contributed by atoms with van der Waals surface area (Å²) in [7, 11) is -1.51. The molecule has 0 bridgehead atoms. The van der Waals surface area contributed by atoms with E-state index in [2.05, 4.69) is 74.6 Å². The summed E-state index contributed by atoms with van der Waals surface area (Å²) in [6, 6.07) is 0.786. The van der Waals surface area contributed by atoms with Crippen LogP contribution in [0.3, 0.4) is 0 Å². The van der Waals surface area contributed by atoms with Crippen molar-refractivity contribution >= 4 is 8.24 Å². The quantitative estimate of drug-likeness (QED) is 0.667. The highest BCUT2D eigenvalue weighted by atomic mass is 28.3. The van der Waals surface area contributed by atoms with Gasteiger partial charge in [-0.15, -0.1) is 0 Å². The smallest absolute Gasteiger partial charge is 0.126 e. The van der Waals surface area contributed by atoms with Crippen LogP contribution in [-0.4, -0.2) is 48.9 Å². The molecule has 4 unspecified atom stereocenters. The molecule has 0 spiro atoms. The van der Waals surface area contributed by atoms with Gasteiger partial charge >= 0.3 is 0 Å². The SMILES string of the molecule is CCN(C(C)(C)C)[Si](C)(C)C1CC(N2CCCC2)C2C=CC=CC21. The molecular formula is C21H38N2Si. The third-order valence-electron chi connectivity index (χ3n) is 6.97. The topological polar surface area (TPSA) is 6.48 Å². The van der Waals surface area contributed by atoms with Crippen LogP contribution in [0.15, 0.2) is 24.3 Å². The standard InChI is InChI=1S/C21H38N2Si/c1-7-23(21(2,3)4)24(5,6)20-16-19(22-14-10-11-15-22)17-12-8-9-13-18(17)20/h8-9,12-13,17-20H,7,10-11,14-16H2,1-6H3. The first-order valence-corrected chi connectivity index (χ1v) is 13.2. The van der Waals surface area contributed by atoms with Crippen LogP contribution in [0.4, 0.5) is 0 Å². The molecule has 3 heteroatoms. The minimum absolute atomic E-state index is 0.278. The van der Waals surface area contributed by atoms with Gasteiger partial charge in [-0.3, -0.25) is 4.90 Å². The first kappa shape index (κ1) is 18.4. The summed E-state index contributed by atoms with van der Waals surface area (Å²) in [6.07, 6.45) is 13.9. The molecule has 2 fully saturated rings. The monoisotopic (exact) mass is 346 g/mol. The molecule has 24 heavy (non-hydrogen) atoms. The number of rotatable bonds is 4. The molecule has 0 amide bonds. The van der Waals surface area contributed by atoms with E-state index in [4.69, 9.17) is 0 Å². The highest BCUT2D eigenvalue weighted by Crippen LogP contribution is 2.53. The van der Waals surface area contributed by atoms with Gasteiger partial charge in [-0.05, 0) is 77.0 Å². The Morgan fingerprint density at radius 2 is 1.62 bits per heavy atom. The Balaban J connectivity index is 1.89. The molecule has 1 aliphatic heterocycles. The van der Waals surface area contributed by atoms with Crippen molar-refractivity contribution in [1.82, 2.24) is 9.47 Å². The molecule has 2 aliphatic carbocycles. The summed E-state index contributed by atoms with van der Waals surface area (Å²) in [4.78, 5) is 2.82. The normalized spacial score (nSPS) is 34.3. The molecule has 0 aromatic rings. The van der Waals surface area contributed by atoms with Crippen molar-refractivity contribution in [3.63, 3.8) is 0 Å². The van der Waals surface area contributed by atoms with E-state index in [1.807, 2.05) is 0 Å². The Bertz CT molecular complexity index is 496. The van der Waals surface area contributed by atoms with Gasteiger partial charge in [-0.25, -0.2) is 0 Å². The maximum absolute atomic E-state index is 2.88. The third kappa shape index (κ3) is 3.20. The van der Waals surface area contributed by atoms with Gasteiger partial charge in [0.05, 0.1) is 0 Å². The second-order valence-corrected chi connectivity index (χ2v) is 14.2. The number of fused-ring (bicyclic) bond motifs is 1. The third-order valence-corrected chi connectivity index (χ3v) is 11.8. The van der Waals surface area contributed by atoms with Crippen LogP contribution in [-0.2, 0) is 0 Å². The van der Waals surface area contributed by atoms with Crippen molar-refractivity contribution in [2.45, 2.75) is 77.2 Å². The molecule has 3 rings (SSSR count). The predicted octanol–water partition coefficient (Wildman–Crippen LogP) is 4.91. The van der Waals surface area contributed by atoms with Gasteiger partial charge < -0.3 is 4.57 Å². The van der Waals surface area contributed by atoms with Crippen molar-refractivity contribution in [3.8, 4) is 0 Å². The lowest BCUT2D eigenvalue weighted by Gasteiger charge is -2.50. The van der Waals surface area contributed by atoms with E-state index >= 15 is 0 Å². The number of nitrogens with zero attached hydrogens (tertiary/aromatic N) is 2. The lowest BCUT2D eigenvalue weighted by atomic mass is 9.89. The highest BCUT2D eigenvalue weighted by molar-refractivity contribution is 6.76. The average Bonchev–Trinajstić information content (AvgIpc) is 3.13. The van der Waals surface area contributed by atoms with Crippen LogP contribution in [0.25, 0.3) is 0 Å². The zero-order valence-electron chi connectivity index (χ0n) is 16.8. The molecule has 0 N–H and O–H groups in total. The van der Waals surface area contributed by atoms with Gasteiger partial charge in [0.15, 0.2) is 0 Å². The van der Waals surface area contributed by atoms with Crippen LogP contribution in [0.1, 0.15) is 47.0 Å². The van der Waals surface area contributed by atoms with Crippen LogP contribution >= 0.6 is 0 Å². The van der Waals surface area contributed by atoms with Gasteiger partial charge in [-0.2, -0.15) is 0 Å². The Morgan fingerprint density at radius 3 is 2.17 bits per heavy atom. The fourth-order valence-electron chi connectivity index (χ4n) is 6.17. The van der Waals surface area contributed by atoms with E-state index in [1.165, 1.54) is 38.9 Å². The van der Waals surface area contributed by atoms with E-state index < -0.39 is 8.24 Å². The summed E-state index contributed by atoms with van der Waals surface area (Å²) in [6.45, 7) is 18.7. The molecule has 1 heterocycles. The molecule has 0 radical (unpaired) electrons. The lowest BCUT2D eigenvalue weighted by Crippen LogP contribution is -2.60. The number of hydrogen-bond donors (Lipinski definition) is 0. The maximum atomic E-state index is 2.88. The van der Waals surface area contributed by atoms with Gasteiger partial charge in [-0.1, -0.05) is 44.3 Å². The fraction of sp³-hybridized carbons (Fsp3) is 0.810. The molecule has 136 valence electrons. The molecule has 2 nitrogen and oxygen atoms in total. The van der Waals surface area contributed by atoms with Gasteiger partial charge in [0, 0.05) is 11.6 Å². The van der Waals surface area contributed by atoms with Crippen molar-refractivity contribution in [1.29, 1.82) is 0 Å². The summed E-state index contributed by atoms with van der Waals surface area (Å²) in [5.74, 6) is 1.52. The number of hydrogen-bond acceptors (Lipinski definition) is 2. The molecule has 4 atom stereocenters. The number of allylic oxidation sites excluding steroid dienone is 3. The van der Waals surface area contributed by atoms with Crippen LogP contribution < -0.4 is 0 Å². The zero-order valence-corrected chi connectivity index (χ0v) is 17.8. The van der Waals surface area contributed by atoms with Gasteiger partial charge in [0.25, 0.3) is 0 Å². The summed E-state index contributed by atoms with van der Waals surface area (Å²) >= 11 is 0. The second kappa shape index (κ2) is 6.73. The van der Waals surface area contributed by atoms with Crippen LogP contribution in [0.5, 0.6) is 0 Å². The second-order valence-electron chi connectivity index (χ2n) is 9.65. The molecular weight excluding hydrogens is 308 g/mol. The van der Waals surface area contributed by atoms with E-state index in [0.29, 0.717) is 0 Å². The van der Waals surface area contributed by atoms with E-state index in [9.17, 15) is 0 Å². The average molecular weight is 347 g/mol. The van der Waals surface area contributed by atoms with Crippen LogP contribution in [0, 0.1) is 11.8 Å². The zero-order chi connectivity index (χ0) is 17.5. The summed E-state index contributed by atoms with van der Waals surface area (Å²) in [5.41, 5.74) is 1.15. The van der Waals surface area contributed by atoms with E-state index in [-0.39, 0.29) is 5.54 Å². The molecule has 1 saturated heterocycles. The first-order valence-electron chi connectivity index (χ1n) is 10.1.